The predicted molar refractivity (Wildman–Crippen MR) is 112 cm³/mol. The molecule has 3 aromatic carbocycles. The van der Waals surface area contributed by atoms with Crippen molar-refractivity contribution in [3.63, 3.8) is 0 Å². The van der Waals surface area contributed by atoms with E-state index in [9.17, 15) is 18.4 Å². The first-order valence-electron chi connectivity index (χ1n) is 8.98. The molecule has 0 unspecified atom stereocenters. The molecule has 0 saturated carbocycles. The highest BCUT2D eigenvalue weighted by atomic mass is 35.5. The van der Waals surface area contributed by atoms with Gasteiger partial charge in [-0.25, -0.2) is 13.6 Å². The molecule has 4 nitrogen and oxygen atoms in total. The second-order valence-corrected chi connectivity index (χ2v) is 7.03. The van der Waals surface area contributed by atoms with Crippen molar-refractivity contribution in [1.82, 2.24) is 0 Å². The molecule has 1 heterocycles. The number of hydrogen-bond acceptors (Lipinski definition) is 3. The lowest BCUT2D eigenvalue weighted by Gasteiger charge is -2.13. The third kappa shape index (κ3) is 3.95. The Kier molecular flexibility index (Phi) is 5.33. The van der Waals surface area contributed by atoms with Crippen LogP contribution in [0.2, 0.25) is 5.02 Å². The van der Waals surface area contributed by atoms with E-state index in [1.54, 1.807) is 18.2 Å². The van der Waals surface area contributed by atoms with Crippen molar-refractivity contribution in [2.24, 2.45) is 0 Å². The van der Waals surface area contributed by atoms with Crippen molar-refractivity contribution in [2.45, 2.75) is 6.42 Å². The number of hydrogen-bond donors (Lipinski definition) is 1. The summed E-state index contributed by atoms with van der Waals surface area (Å²) in [6.45, 7) is 0. The van der Waals surface area contributed by atoms with E-state index in [0.29, 0.717) is 27.4 Å². The van der Waals surface area contributed by atoms with Gasteiger partial charge in [0.25, 0.3) is 0 Å². The molecule has 1 N–H and O–H groups in total. The molecule has 0 aliphatic carbocycles. The highest BCUT2D eigenvalue weighted by Gasteiger charge is 2.19. The molecule has 4 aromatic rings. The van der Waals surface area contributed by atoms with Gasteiger partial charge in [0.2, 0.25) is 5.91 Å². The van der Waals surface area contributed by atoms with Crippen LogP contribution < -0.4 is 10.9 Å². The Morgan fingerprint density at radius 1 is 0.967 bits per heavy atom. The summed E-state index contributed by atoms with van der Waals surface area (Å²) >= 11 is 6.14. The quantitative estimate of drug-likeness (QED) is 0.465. The fourth-order valence-electron chi connectivity index (χ4n) is 3.25. The summed E-state index contributed by atoms with van der Waals surface area (Å²) < 4.78 is 32.4. The molecule has 0 atom stereocenters. The van der Waals surface area contributed by atoms with Crippen molar-refractivity contribution >= 4 is 34.0 Å². The smallest absolute Gasteiger partial charge is 0.343 e. The SMILES string of the molecule is O=C(Cc1oc(=O)c2ccc(Cl)cc2c1-c1ccccc1)Nc1ccc(F)cc1F. The number of halogens is 3. The maximum absolute atomic E-state index is 13.9. The summed E-state index contributed by atoms with van der Waals surface area (Å²) in [4.78, 5) is 25.0. The van der Waals surface area contributed by atoms with Crippen LogP contribution in [0, 0.1) is 11.6 Å². The van der Waals surface area contributed by atoms with Crippen LogP contribution in [0.15, 0.2) is 75.9 Å². The van der Waals surface area contributed by atoms with Gasteiger partial charge in [0.05, 0.1) is 17.5 Å². The molecule has 150 valence electrons. The normalized spacial score (nSPS) is 10.9. The molecule has 1 amide bonds. The largest absolute Gasteiger partial charge is 0.426 e. The van der Waals surface area contributed by atoms with Gasteiger partial charge in [0.15, 0.2) is 0 Å². The predicted octanol–water partition coefficient (Wildman–Crippen LogP) is 5.57. The standard InChI is InChI=1S/C23H14ClF2NO3/c24-14-6-8-16-17(10-14)22(13-4-2-1-3-5-13)20(30-23(16)29)12-21(28)27-19-9-7-15(25)11-18(19)26/h1-11H,12H2,(H,27,28). The minimum Gasteiger partial charge on any atom is -0.426 e. The number of anilines is 1. The first-order valence-corrected chi connectivity index (χ1v) is 9.36. The first-order chi connectivity index (χ1) is 14.4. The van der Waals surface area contributed by atoms with Crippen LogP contribution in [0.25, 0.3) is 21.9 Å². The number of benzene rings is 3. The number of carbonyl (C=O) groups is 1. The monoisotopic (exact) mass is 425 g/mol. The van der Waals surface area contributed by atoms with Crippen LogP contribution in [0.3, 0.4) is 0 Å². The Balaban J connectivity index is 1.80. The number of carbonyl (C=O) groups excluding carboxylic acids is 1. The van der Waals surface area contributed by atoms with Gasteiger partial charge in [-0.05, 0) is 35.9 Å². The van der Waals surface area contributed by atoms with Gasteiger partial charge in [0, 0.05) is 22.0 Å². The van der Waals surface area contributed by atoms with Crippen LogP contribution in [-0.4, -0.2) is 5.91 Å². The average Bonchev–Trinajstić information content (AvgIpc) is 2.71. The van der Waals surface area contributed by atoms with Gasteiger partial charge in [0.1, 0.15) is 17.4 Å². The summed E-state index contributed by atoms with van der Waals surface area (Å²) in [6.07, 6.45) is -0.335. The lowest BCUT2D eigenvalue weighted by atomic mass is 9.97. The summed E-state index contributed by atoms with van der Waals surface area (Å²) in [5.41, 5.74) is 0.484. The molecule has 0 spiro atoms. The van der Waals surface area contributed by atoms with Crippen LogP contribution in [0.1, 0.15) is 5.76 Å². The Morgan fingerprint density at radius 3 is 2.47 bits per heavy atom. The van der Waals surface area contributed by atoms with Gasteiger partial charge < -0.3 is 9.73 Å². The second-order valence-electron chi connectivity index (χ2n) is 6.59. The molecule has 30 heavy (non-hydrogen) atoms. The molecule has 0 saturated heterocycles. The number of fused-ring (bicyclic) bond motifs is 1. The molecule has 0 fully saturated rings. The minimum absolute atomic E-state index is 0.112. The maximum Gasteiger partial charge on any atom is 0.343 e. The van der Waals surface area contributed by atoms with Gasteiger partial charge in [-0.2, -0.15) is 0 Å². The number of nitrogens with one attached hydrogen (secondary N) is 1. The topological polar surface area (TPSA) is 59.3 Å². The van der Waals surface area contributed by atoms with Gasteiger partial charge in [-0.15, -0.1) is 0 Å². The number of amides is 1. The first kappa shape index (κ1) is 19.8. The lowest BCUT2D eigenvalue weighted by Crippen LogP contribution is -2.17. The summed E-state index contributed by atoms with van der Waals surface area (Å²) in [5.74, 6) is -2.17. The molecular weight excluding hydrogens is 412 g/mol. The van der Waals surface area contributed by atoms with Crippen LogP contribution in [0.4, 0.5) is 14.5 Å². The van der Waals surface area contributed by atoms with Gasteiger partial charge in [-0.3, -0.25) is 4.79 Å². The van der Waals surface area contributed by atoms with E-state index < -0.39 is 23.2 Å². The zero-order valence-corrected chi connectivity index (χ0v) is 16.2. The van der Waals surface area contributed by atoms with Crippen molar-refractivity contribution < 1.29 is 18.0 Å². The zero-order chi connectivity index (χ0) is 21.3. The Labute approximate surface area is 174 Å². The molecule has 4 rings (SSSR count). The maximum atomic E-state index is 13.9. The van der Waals surface area contributed by atoms with E-state index in [0.717, 1.165) is 17.7 Å². The highest BCUT2D eigenvalue weighted by molar-refractivity contribution is 6.31. The van der Waals surface area contributed by atoms with E-state index in [4.69, 9.17) is 16.0 Å². The Bertz CT molecular complexity index is 1320. The third-order valence-corrected chi connectivity index (χ3v) is 4.79. The van der Waals surface area contributed by atoms with Crippen LogP contribution in [0.5, 0.6) is 0 Å². The minimum atomic E-state index is -0.904. The summed E-state index contributed by atoms with van der Waals surface area (Å²) in [6, 6.07) is 16.7. The van der Waals surface area contributed by atoms with E-state index in [2.05, 4.69) is 5.32 Å². The summed E-state index contributed by atoms with van der Waals surface area (Å²) in [5, 5.41) is 3.67. The van der Waals surface area contributed by atoms with Crippen LogP contribution >= 0.6 is 11.6 Å². The van der Waals surface area contributed by atoms with Crippen molar-refractivity contribution in [3.05, 3.63) is 99.6 Å². The molecule has 0 aliphatic rings. The van der Waals surface area contributed by atoms with Gasteiger partial charge >= 0.3 is 5.63 Å². The van der Waals surface area contributed by atoms with Crippen LogP contribution in [-0.2, 0) is 11.2 Å². The third-order valence-electron chi connectivity index (χ3n) is 4.55. The van der Waals surface area contributed by atoms with Gasteiger partial charge in [-0.1, -0.05) is 41.9 Å². The fourth-order valence-corrected chi connectivity index (χ4v) is 3.42. The van der Waals surface area contributed by atoms with Crippen molar-refractivity contribution in [2.75, 3.05) is 5.32 Å². The molecule has 0 aliphatic heterocycles. The molecular formula is C23H14ClF2NO3. The Morgan fingerprint density at radius 2 is 1.73 bits per heavy atom. The molecule has 7 heteroatoms. The van der Waals surface area contributed by atoms with E-state index in [1.807, 2.05) is 30.3 Å². The number of rotatable bonds is 4. The van der Waals surface area contributed by atoms with Crippen molar-refractivity contribution in [3.8, 4) is 11.1 Å². The zero-order valence-electron chi connectivity index (χ0n) is 15.4. The average molecular weight is 426 g/mol. The van der Waals surface area contributed by atoms with E-state index in [-0.39, 0.29) is 17.9 Å². The van der Waals surface area contributed by atoms with E-state index in [1.165, 1.54) is 0 Å². The molecule has 1 aromatic heterocycles. The second kappa shape index (κ2) is 8.08. The summed E-state index contributed by atoms with van der Waals surface area (Å²) in [7, 11) is 0. The highest BCUT2D eigenvalue weighted by Crippen LogP contribution is 2.32. The fraction of sp³-hybridized carbons (Fsp3) is 0.0435. The Hall–Kier alpha value is -3.51. The van der Waals surface area contributed by atoms with Crippen molar-refractivity contribution in [1.29, 1.82) is 0 Å². The lowest BCUT2D eigenvalue weighted by molar-refractivity contribution is -0.115. The van der Waals surface area contributed by atoms with E-state index >= 15 is 0 Å². The molecule has 0 bridgehead atoms. The molecule has 0 radical (unpaired) electrons.